The molecule has 0 atom stereocenters. The second kappa shape index (κ2) is 9.99. The third kappa shape index (κ3) is 5.20. The lowest BCUT2D eigenvalue weighted by Crippen LogP contribution is -2.27. The molecule has 1 aromatic heterocycles. The minimum absolute atomic E-state index is 0.118. The van der Waals surface area contributed by atoms with E-state index in [9.17, 15) is 9.59 Å². The maximum atomic E-state index is 12.8. The van der Waals surface area contributed by atoms with Crippen LogP contribution in [0, 0.1) is 6.92 Å². The van der Waals surface area contributed by atoms with Gasteiger partial charge in [-0.3, -0.25) is 9.59 Å². The lowest BCUT2D eigenvalue weighted by Gasteiger charge is -2.11. The van der Waals surface area contributed by atoms with E-state index in [0.29, 0.717) is 24.2 Å². The molecule has 7 nitrogen and oxygen atoms in total. The van der Waals surface area contributed by atoms with Gasteiger partial charge < -0.3 is 19.9 Å². The average Bonchev–Trinajstić information content (AvgIpc) is 3.17. The molecule has 0 aliphatic carbocycles. The number of methoxy groups -OCH3 is 1. The Labute approximate surface area is 192 Å². The molecule has 0 unspecified atom stereocenters. The van der Waals surface area contributed by atoms with Gasteiger partial charge in [0, 0.05) is 24.2 Å². The van der Waals surface area contributed by atoms with Crippen LogP contribution in [0.3, 0.4) is 0 Å². The van der Waals surface area contributed by atoms with Gasteiger partial charge in [0.2, 0.25) is 5.91 Å². The monoisotopic (exact) mass is 442 g/mol. The van der Waals surface area contributed by atoms with Gasteiger partial charge in [-0.2, -0.15) is 0 Å². The van der Waals surface area contributed by atoms with Crippen molar-refractivity contribution >= 4 is 28.5 Å². The third-order valence-corrected chi connectivity index (χ3v) is 5.43. The molecule has 3 aromatic carbocycles. The van der Waals surface area contributed by atoms with Crippen molar-refractivity contribution in [2.24, 2.45) is 0 Å². The van der Waals surface area contributed by atoms with Crippen LogP contribution in [0.15, 0.2) is 72.8 Å². The molecule has 0 aliphatic heterocycles. The van der Waals surface area contributed by atoms with Crippen molar-refractivity contribution in [1.82, 2.24) is 14.9 Å². The molecule has 4 rings (SSSR count). The van der Waals surface area contributed by atoms with Crippen molar-refractivity contribution in [3.8, 4) is 5.75 Å². The van der Waals surface area contributed by atoms with E-state index >= 15 is 0 Å². The first-order valence-corrected chi connectivity index (χ1v) is 10.8. The van der Waals surface area contributed by atoms with Crippen LogP contribution in [-0.4, -0.2) is 35.0 Å². The number of aryl methyl sites for hydroxylation is 1. The Morgan fingerprint density at radius 1 is 0.970 bits per heavy atom. The Morgan fingerprint density at radius 2 is 1.70 bits per heavy atom. The summed E-state index contributed by atoms with van der Waals surface area (Å²) in [7, 11) is 1.60. The number of anilines is 1. The maximum Gasteiger partial charge on any atom is 0.251 e. The summed E-state index contributed by atoms with van der Waals surface area (Å²) >= 11 is 0. The third-order valence-electron chi connectivity index (χ3n) is 5.43. The predicted octanol–water partition coefficient (Wildman–Crippen LogP) is 3.96. The number of hydrogen-bond acceptors (Lipinski definition) is 4. The summed E-state index contributed by atoms with van der Waals surface area (Å²) in [5.74, 6) is 1.19. The molecule has 4 aromatic rings. The summed E-state index contributed by atoms with van der Waals surface area (Å²) in [6.45, 7) is 2.44. The number of amides is 2. The molecule has 0 aliphatic rings. The maximum absolute atomic E-state index is 12.8. The Kier molecular flexibility index (Phi) is 6.69. The number of aromatic nitrogens is 2. The number of benzene rings is 3. The van der Waals surface area contributed by atoms with Crippen molar-refractivity contribution in [2.75, 3.05) is 19.0 Å². The molecule has 0 radical (unpaired) electrons. The number of rotatable bonds is 8. The molecule has 0 saturated carbocycles. The molecule has 0 spiro atoms. The first-order chi connectivity index (χ1) is 16.0. The van der Waals surface area contributed by atoms with Crippen LogP contribution in [0.4, 0.5) is 5.69 Å². The smallest absolute Gasteiger partial charge is 0.251 e. The number of para-hydroxylation sites is 2. The number of carbonyl (C=O) groups excluding carboxylic acids is 2. The number of fused-ring (bicyclic) bond motifs is 1. The van der Waals surface area contributed by atoms with E-state index in [1.807, 2.05) is 60.0 Å². The normalized spacial score (nSPS) is 10.7. The van der Waals surface area contributed by atoms with Gasteiger partial charge in [0.15, 0.2) is 0 Å². The number of ether oxygens (including phenoxy) is 1. The van der Waals surface area contributed by atoms with Gasteiger partial charge in [-0.1, -0.05) is 30.3 Å². The standard InChI is InChI=1S/C26H26N4O3/c1-18-7-3-4-8-21(18)26(32)27-16-15-24-29-22-9-5-6-10-23(22)30(24)17-25(31)28-19-11-13-20(33-2)14-12-19/h3-14H,15-17H2,1-2H3,(H,27,32)(H,28,31). The number of carbonyl (C=O) groups is 2. The predicted molar refractivity (Wildman–Crippen MR) is 129 cm³/mol. The molecular weight excluding hydrogens is 416 g/mol. The van der Waals surface area contributed by atoms with E-state index in [1.54, 1.807) is 31.4 Å². The first-order valence-electron chi connectivity index (χ1n) is 10.8. The van der Waals surface area contributed by atoms with E-state index < -0.39 is 0 Å². The van der Waals surface area contributed by atoms with E-state index in [4.69, 9.17) is 9.72 Å². The number of imidazole rings is 1. The molecule has 1 heterocycles. The van der Waals surface area contributed by atoms with Crippen molar-refractivity contribution in [3.05, 3.63) is 89.7 Å². The van der Waals surface area contributed by atoms with Crippen LogP contribution in [0.1, 0.15) is 21.7 Å². The van der Waals surface area contributed by atoms with E-state index in [1.165, 1.54) is 0 Å². The topological polar surface area (TPSA) is 85.2 Å². The first kappa shape index (κ1) is 22.1. The van der Waals surface area contributed by atoms with Crippen LogP contribution >= 0.6 is 0 Å². The van der Waals surface area contributed by atoms with Crippen LogP contribution in [0.25, 0.3) is 11.0 Å². The summed E-state index contributed by atoms with van der Waals surface area (Å²) in [6, 6.07) is 22.4. The van der Waals surface area contributed by atoms with Crippen molar-refractivity contribution in [2.45, 2.75) is 19.9 Å². The minimum atomic E-state index is -0.159. The summed E-state index contributed by atoms with van der Waals surface area (Å²) in [5.41, 5.74) is 3.97. The zero-order chi connectivity index (χ0) is 23.2. The van der Waals surface area contributed by atoms with Crippen LogP contribution in [0.5, 0.6) is 5.75 Å². The van der Waals surface area contributed by atoms with Gasteiger partial charge in [-0.05, 0) is 55.0 Å². The fourth-order valence-electron chi connectivity index (χ4n) is 3.72. The lowest BCUT2D eigenvalue weighted by molar-refractivity contribution is -0.116. The van der Waals surface area contributed by atoms with E-state index in [2.05, 4.69) is 10.6 Å². The summed E-state index contributed by atoms with van der Waals surface area (Å²) in [6.07, 6.45) is 0.502. The van der Waals surface area contributed by atoms with E-state index in [0.717, 1.165) is 28.2 Å². The van der Waals surface area contributed by atoms with Gasteiger partial charge in [0.25, 0.3) is 5.91 Å². The quantitative estimate of drug-likeness (QED) is 0.433. The highest BCUT2D eigenvalue weighted by molar-refractivity contribution is 5.95. The second-order valence-corrected chi connectivity index (χ2v) is 7.70. The Balaban J connectivity index is 1.46. The van der Waals surface area contributed by atoms with Gasteiger partial charge in [-0.25, -0.2) is 4.98 Å². The van der Waals surface area contributed by atoms with E-state index in [-0.39, 0.29) is 18.4 Å². The van der Waals surface area contributed by atoms with Crippen LogP contribution < -0.4 is 15.4 Å². The van der Waals surface area contributed by atoms with Crippen LogP contribution in [-0.2, 0) is 17.8 Å². The molecule has 0 fully saturated rings. The van der Waals surface area contributed by atoms with Gasteiger partial charge in [0.1, 0.15) is 18.1 Å². The number of hydrogen-bond donors (Lipinski definition) is 2. The van der Waals surface area contributed by atoms with Crippen LogP contribution in [0.2, 0.25) is 0 Å². The summed E-state index contributed by atoms with van der Waals surface area (Å²) in [4.78, 5) is 30.0. The molecule has 2 N–H and O–H groups in total. The molecule has 7 heteroatoms. The zero-order valence-corrected chi connectivity index (χ0v) is 18.7. The van der Waals surface area contributed by atoms with Gasteiger partial charge >= 0.3 is 0 Å². The summed E-state index contributed by atoms with van der Waals surface area (Å²) in [5, 5.41) is 5.87. The SMILES string of the molecule is COc1ccc(NC(=O)Cn2c(CCNC(=O)c3ccccc3C)nc3ccccc32)cc1. The van der Waals surface area contributed by atoms with Gasteiger partial charge in [0.05, 0.1) is 18.1 Å². The zero-order valence-electron chi connectivity index (χ0n) is 18.7. The molecular formula is C26H26N4O3. The Hall–Kier alpha value is -4.13. The minimum Gasteiger partial charge on any atom is -0.497 e. The number of nitrogens with one attached hydrogen (secondary N) is 2. The largest absolute Gasteiger partial charge is 0.497 e. The van der Waals surface area contributed by atoms with Crippen molar-refractivity contribution < 1.29 is 14.3 Å². The average molecular weight is 443 g/mol. The second-order valence-electron chi connectivity index (χ2n) is 7.70. The summed E-state index contributed by atoms with van der Waals surface area (Å²) < 4.78 is 7.05. The molecule has 168 valence electrons. The van der Waals surface area contributed by atoms with Crippen molar-refractivity contribution in [1.29, 1.82) is 0 Å². The van der Waals surface area contributed by atoms with Crippen molar-refractivity contribution in [3.63, 3.8) is 0 Å². The lowest BCUT2D eigenvalue weighted by atomic mass is 10.1. The Morgan fingerprint density at radius 3 is 2.45 bits per heavy atom. The highest BCUT2D eigenvalue weighted by Crippen LogP contribution is 2.18. The highest BCUT2D eigenvalue weighted by Gasteiger charge is 2.15. The number of nitrogens with zero attached hydrogens (tertiary/aromatic N) is 2. The molecule has 33 heavy (non-hydrogen) atoms. The fourth-order valence-corrected chi connectivity index (χ4v) is 3.72. The highest BCUT2D eigenvalue weighted by atomic mass is 16.5. The molecule has 2 amide bonds. The molecule has 0 bridgehead atoms. The fraction of sp³-hybridized carbons (Fsp3) is 0.192. The molecule has 0 saturated heterocycles. The Bertz CT molecular complexity index is 1280. The van der Waals surface area contributed by atoms with Gasteiger partial charge in [-0.15, -0.1) is 0 Å².